The fourth-order valence-corrected chi connectivity index (χ4v) is 6.46. The SMILES string of the molecule is CC.CCc1ccc(/C=C/c2ccc(N(c3ccc(/C=C/c4ccc(C)c(F)c4)cc3)c3ccc(/C=C/c4ccc(N(C)C)c(F)c4)cc3)cc2)cc1P. The van der Waals surface area contributed by atoms with Gasteiger partial charge in [0.25, 0.3) is 0 Å². The summed E-state index contributed by atoms with van der Waals surface area (Å²) in [7, 11) is 6.51. The molecular weight excluding hydrogens is 686 g/mol. The Morgan fingerprint density at radius 3 is 1.26 bits per heavy atom. The first-order valence-corrected chi connectivity index (χ1v) is 19.0. The maximum Gasteiger partial charge on any atom is 0.147 e. The molecule has 0 radical (unpaired) electrons. The quantitative estimate of drug-likeness (QED) is 0.0966. The van der Waals surface area contributed by atoms with Crippen molar-refractivity contribution in [1.29, 1.82) is 0 Å². The van der Waals surface area contributed by atoms with Crippen LogP contribution in [0.4, 0.5) is 31.5 Å². The Bertz CT molecular complexity index is 2230. The first-order valence-electron chi connectivity index (χ1n) is 18.4. The minimum Gasteiger partial charge on any atom is -0.375 e. The molecule has 0 fully saturated rings. The lowest BCUT2D eigenvalue weighted by Crippen LogP contribution is -2.10. The van der Waals surface area contributed by atoms with Gasteiger partial charge in [-0.15, -0.1) is 9.24 Å². The van der Waals surface area contributed by atoms with Gasteiger partial charge in [-0.2, -0.15) is 0 Å². The Balaban J connectivity index is 0.00000276. The van der Waals surface area contributed by atoms with E-state index in [0.29, 0.717) is 11.3 Å². The Labute approximate surface area is 323 Å². The summed E-state index contributed by atoms with van der Waals surface area (Å²) in [6, 6.07) is 42.3. The van der Waals surface area contributed by atoms with E-state index in [-0.39, 0.29) is 11.6 Å². The standard InChI is InChI=1S/C47H43F2N2P.C2H6/c1-5-40-22-14-39(32-47(40)52)13-10-36-19-27-43(28-20-36)51(41-23-15-34(16-24-41)8-11-37-7-6-33(2)44(48)30-37)42-25-17-35(18-26-42)9-12-38-21-29-46(50(3)4)45(49)31-38;1-2/h6-32H,5,52H2,1-4H3;1-2H3/b11-8+,12-9+,13-10+;. The van der Waals surface area contributed by atoms with Crippen LogP contribution in [0.2, 0.25) is 0 Å². The molecule has 6 aromatic carbocycles. The maximum atomic E-state index is 14.5. The average molecular weight is 735 g/mol. The molecule has 0 aliphatic heterocycles. The zero-order chi connectivity index (χ0) is 38.6. The van der Waals surface area contributed by atoms with Gasteiger partial charge >= 0.3 is 0 Å². The summed E-state index contributed by atoms with van der Waals surface area (Å²) < 4.78 is 28.6. The molecule has 274 valence electrons. The summed E-state index contributed by atoms with van der Waals surface area (Å²) in [5.41, 5.74) is 11.5. The molecule has 0 saturated heterocycles. The van der Waals surface area contributed by atoms with E-state index in [4.69, 9.17) is 0 Å². The van der Waals surface area contributed by atoms with Crippen molar-refractivity contribution in [3.8, 4) is 0 Å². The van der Waals surface area contributed by atoms with Gasteiger partial charge in [0.05, 0.1) is 5.69 Å². The lowest BCUT2D eigenvalue weighted by Gasteiger charge is -2.26. The van der Waals surface area contributed by atoms with Gasteiger partial charge in [-0.05, 0) is 124 Å². The number of rotatable bonds is 11. The second-order valence-corrected chi connectivity index (χ2v) is 13.7. The summed E-state index contributed by atoms with van der Waals surface area (Å²) in [5.74, 6) is -0.450. The zero-order valence-corrected chi connectivity index (χ0v) is 33.2. The van der Waals surface area contributed by atoms with Crippen molar-refractivity contribution in [2.24, 2.45) is 0 Å². The van der Waals surface area contributed by atoms with E-state index < -0.39 is 0 Å². The Hall–Kier alpha value is -5.57. The van der Waals surface area contributed by atoms with E-state index in [1.807, 2.05) is 64.4 Å². The third-order valence-corrected chi connectivity index (χ3v) is 9.60. The molecule has 1 atom stereocenters. The van der Waals surface area contributed by atoms with Crippen LogP contribution in [-0.4, -0.2) is 14.1 Å². The van der Waals surface area contributed by atoms with Crippen molar-refractivity contribution < 1.29 is 8.78 Å². The zero-order valence-electron chi connectivity index (χ0n) is 32.0. The topological polar surface area (TPSA) is 6.48 Å². The minimum atomic E-state index is -0.245. The second kappa shape index (κ2) is 19.0. The van der Waals surface area contributed by atoms with Crippen molar-refractivity contribution in [3.63, 3.8) is 0 Å². The van der Waals surface area contributed by atoms with Gasteiger partial charge in [0.15, 0.2) is 0 Å². The van der Waals surface area contributed by atoms with E-state index in [9.17, 15) is 8.78 Å². The molecule has 0 aromatic heterocycles. The summed E-state index contributed by atoms with van der Waals surface area (Å²) in [6.45, 7) is 7.94. The number of benzene rings is 6. The molecule has 6 aromatic rings. The number of nitrogens with zero attached hydrogens (tertiary/aromatic N) is 2. The normalized spacial score (nSPS) is 11.3. The van der Waals surface area contributed by atoms with Gasteiger partial charge in [0, 0.05) is 31.2 Å². The van der Waals surface area contributed by atoms with Crippen LogP contribution in [0, 0.1) is 18.6 Å². The molecule has 0 saturated carbocycles. The summed E-state index contributed by atoms with van der Waals surface area (Å²) in [4.78, 5) is 3.99. The van der Waals surface area contributed by atoms with Crippen molar-refractivity contribution in [1.82, 2.24) is 0 Å². The van der Waals surface area contributed by atoms with Gasteiger partial charge in [-0.3, -0.25) is 0 Å². The number of hydrogen-bond donors (Lipinski definition) is 0. The van der Waals surface area contributed by atoms with Gasteiger partial charge in [-0.1, -0.05) is 124 Å². The fourth-order valence-electron chi connectivity index (χ4n) is 5.97. The van der Waals surface area contributed by atoms with Crippen LogP contribution in [0.15, 0.2) is 127 Å². The molecule has 1 unspecified atom stereocenters. The molecule has 0 aliphatic carbocycles. The van der Waals surface area contributed by atoms with Crippen LogP contribution in [0.5, 0.6) is 0 Å². The number of hydrogen-bond acceptors (Lipinski definition) is 2. The molecular formula is C49H49F2N2P. The molecule has 0 spiro atoms. The lowest BCUT2D eigenvalue weighted by molar-refractivity contribution is 0.618. The highest BCUT2D eigenvalue weighted by atomic mass is 31.0. The molecule has 2 nitrogen and oxygen atoms in total. The number of halogens is 2. The minimum absolute atomic E-state index is 0.205. The van der Waals surface area contributed by atoms with Gasteiger partial charge in [0.2, 0.25) is 0 Å². The van der Waals surface area contributed by atoms with Crippen LogP contribution in [-0.2, 0) is 6.42 Å². The molecule has 0 heterocycles. The Kier molecular flexibility index (Phi) is 13.9. The van der Waals surface area contributed by atoms with Crippen LogP contribution in [0.1, 0.15) is 65.3 Å². The molecule has 54 heavy (non-hydrogen) atoms. The predicted octanol–water partition coefficient (Wildman–Crippen LogP) is 13.4. The van der Waals surface area contributed by atoms with Crippen molar-refractivity contribution in [2.75, 3.05) is 23.9 Å². The number of anilines is 4. The van der Waals surface area contributed by atoms with Crippen molar-refractivity contribution >= 4 is 73.8 Å². The molecule has 0 amide bonds. The Morgan fingerprint density at radius 2 is 0.870 bits per heavy atom. The smallest absolute Gasteiger partial charge is 0.147 e. The number of aryl methyl sites for hydroxylation is 2. The van der Waals surface area contributed by atoms with Crippen LogP contribution in [0.25, 0.3) is 36.5 Å². The maximum absolute atomic E-state index is 14.5. The summed E-state index contributed by atoms with van der Waals surface area (Å²) in [6.07, 6.45) is 13.2. The molecule has 6 rings (SSSR count). The second-order valence-electron chi connectivity index (χ2n) is 13.0. The third kappa shape index (κ3) is 10.3. The van der Waals surface area contributed by atoms with Gasteiger partial charge < -0.3 is 9.80 Å². The van der Waals surface area contributed by atoms with Crippen LogP contribution >= 0.6 is 9.24 Å². The first kappa shape index (κ1) is 39.6. The van der Waals surface area contributed by atoms with E-state index in [0.717, 1.165) is 51.3 Å². The Morgan fingerprint density at radius 1 is 0.500 bits per heavy atom. The van der Waals surface area contributed by atoms with E-state index >= 15 is 0 Å². The fraction of sp³-hybridized carbons (Fsp3) is 0.143. The van der Waals surface area contributed by atoms with E-state index in [1.54, 1.807) is 36.1 Å². The van der Waals surface area contributed by atoms with Gasteiger partial charge in [-0.25, -0.2) is 8.78 Å². The monoisotopic (exact) mass is 734 g/mol. The molecule has 0 N–H and O–H groups in total. The molecule has 5 heteroatoms. The van der Waals surface area contributed by atoms with Crippen molar-refractivity contribution in [2.45, 2.75) is 34.1 Å². The van der Waals surface area contributed by atoms with E-state index in [1.165, 1.54) is 16.4 Å². The third-order valence-electron chi connectivity index (χ3n) is 9.06. The predicted molar refractivity (Wildman–Crippen MR) is 236 cm³/mol. The lowest BCUT2D eigenvalue weighted by atomic mass is 10.1. The highest BCUT2D eigenvalue weighted by molar-refractivity contribution is 7.27. The summed E-state index contributed by atoms with van der Waals surface area (Å²) >= 11 is 0. The van der Waals surface area contributed by atoms with Gasteiger partial charge in [0.1, 0.15) is 11.6 Å². The highest BCUT2D eigenvalue weighted by Gasteiger charge is 2.13. The highest BCUT2D eigenvalue weighted by Crippen LogP contribution is 2.35. The van der Waals surface area contributed by atoms with Crippen LogP contribution < -0.4 is 15.1 Å². The average Bonchev–Trinajstić information content (AvgIpc) is 3.19. The summed E-state index contributed by atoms with van der Waals surface area (Å²) in [5, 5.41) is 1.23. The van der Waals surface area contributed by atoms with Crippen LogP contribution in [0.3, 0.4) is 0 Å². The first-order chi connectivity index (χ1) is 26.2. The van der Waals surface area contributed by atoms with E-state index in [2.05, 4.69) is 124 Å². The van der Waals surface area contributed by atoms with Crippen molar-refractivity contribution in [3.05, 3.63) is 184 Å². The molecule has 0 aliphatic rings. The largest absolute Gasteiger partial charge is 0.375 e. The molecule has 0 bridgehead atoms.